The smallest absolute Gasteiger partial charge is 0.220 e. The molecule has 0 aliphatic heterocycles. The van der Waals surface area contributed by atoms with Crippen molar-refractivity contribution in [1.82, 2.24) is 5.32 Å². The van der Waals surface area contributed by atoms with E-state index >= 15 is 0 Å². The van der Waals surface area contributed by atoms with E-state index in [1.165, 1.54) is 0 Å². The quantitative estimate of drug-likeness (QED) is 0.809. The van der Waals surface area contributed by atoms with Gasteiger partial charge in [0.1, 0.15) is 0 Å². The van der Waals surface area contributed by atoms with Crippen LogP contribution in [0.25, 0.3) is 0 Å². The molecule has 3 nitrogen and oxygen atoms in total. The van der Waals surface area contributed by atoms with Crippen LogP contribution in [0.4, 0.5) is 0 Å². The molecule has 0 heterocycles. The van der Waals surface area contributed by atoms with Crippen molar-refractivity contribution in [2.75, 3.05) is 6.54 Å². The van der Waals surface area contributed by atoms with Crippen LogP contribution in [0.1, 0.15) is 32.3 Å². The Balaban J connectivity index is 2.38. The fourth-order valence-electron chi connectivity index (χ4n) is 2.11. The van der Waals surface area contributed by atoms with E-state index in [-0.39, 0.29) is 11.8 Å². The maximum Gasteiger partial charge on any atom is 0.220 e. The number of nitrogens with one attached hydrogen (secondary N) is 1. The highest BCUT2D eigenvalue weighted by Crippen LogP contribution is 2.14. The van der Waals surface area contributed by atoms with Crippen LogP contribution in [-0.4, -0.2) is 12.5 Å². The van der Waals surface area contributed by atoms with Gasteiger partial charge < -0.3 is 11.1 Å². The summed E-state index contributed by atoms with van der Waals surface area (Å²) in [7, 11) is 0. The summed E-state index contributed by atoms with van der Waals surface area (Å²) in [4.78, 5) is 11.9. The molecule has 0 saturated heterocycles. The van der Waals surface area contributed by atoms with Gasteiger partial charge in [-0.3, -0.25) is 4.79 Å². The molecule has 0 aliphatic carbocycles. The van der Waals surface area contributed by atoms with Crippen molar-refractivity contribution >= 4 is 21.8 Å². The molecule has 0 bridgehead atoms. The summed E-state index contributed by atoms with van der Waals surface area (Å²) in [6.45, 7) is 5.45. The molecule has 106 valence electrons. The number of carbonyl (C=O) groups is 1. The topological polar surface area (TPSA) is 55.1 Å². The average Bonchev–Trinajstić information content (AvgIpc) is 2.35. The molecule has 1 rings (SSSR count). The Morgan fingerprint density at radius 1 is 1.42 bits per heavy atom. The molecule has 4 heteroatoms. The van der Waals surface area contributed by atoms with Gasteiger partial charge in [-0.25, -0.2) is 0 Å². The first-order chi connectivity index (χ1) is 9.01. The molecule has 0 radical (unpaired) electrons. The van der Waals surface area contributed by atoms with E-state index in [9.17, 15) is 4.79 Å². The van der Waals surface area contributed by atoms with Gasteiger partial charge in [-0.15, -0.1) is 0 Å². The van der Waals surface area contributed by atoms with Gasteiger partial charge in [-0.05, 0) is 42.5 Å². The second-order valence-electron chi connectivity index (χ2n) is 5.34. The number of nitrogens with two attached hydrogens (primary N) is 1. The third-order valence-corrected chi connectivity index (χ3v) is 3.48. The van der Waals surface area contributed by atoms with E-state index in [4.69, 9.17) is 5.73 Å². The van der Waals surface area contributed by atoms with Crippen LogP contribution in [0.2, 0.25) is 0 Å². The zero-order valence-electron chi connectivity index (χ0n) is 11.7. The van der Waals surface area contributed by atoms with Crippen molar-refractivity contribution in [1.29, 1.82) is 0 Å². The molecule has 1 atom stereocenters. The van der Waals surface area contributed by atoms with Gasteiger partial charge in [-0.1, -0.05) is 41.9 Å². The lowest BCUT2D eigenvalue weighted by Gasteiger charge is -2.16. The average molecular weight is 327 g/mol. The zero-order valence-corrected chi connectivity index (χ0v) is 13.2. The molecular weight excluding hydrogens is 304 g/mol. The van der Waals surface area contributed by atoms with Crippen molar-refractivity contribution in [3.8, 4) is 0 Å². The van der Waals surface area contributed by atoms with E-state index < -0.39 is 0 Å². The second kappa shape index (κ2) is 8.33. The molecule has 1 unspecified atom stereocenters. The molecule has 1 amide bonds. The third kappa shape index (κ3) is 6.73. The summed E-state index contributed by atoms with van der Waals surface area (Å²) in [6.07, 6.45) is 1.52. The standard InChI is InChI=1S/C15H23BrN2O/c1-11(2)6-13(9-17)8-15(19)18-10-12-4-3-5-14(16)7-12/h3-5,7,11,13H,6,8-10,17H2,1-2H3,(H,18,19). The molecule has 1 aromatic rings. The monoisotopic (exact) mass is 326 g/mol. The minimum atomic E-state index is 0.0797. The summed E-state index contributed by atoms with van der Waals surface area (Å²) < 4.78 is 1.03. The van der Waals surface area contributed by atoms with Gasteiger partial charge in [0, 0.05) is 17.4 Å². The number of benzene rings is 1. The third-order valence-electron chi connectivity index (χ3n) is 2.99. The van der Waals surface area contributed by atoms with Crippen molar-refractivity contribution in [2.45, 2.75) is 33.2 Å². The molecule has 19 heavy (non-hydrogen) atoms. The highest BCUT2D eigenvalue weighted by atomic mass is 79.9. The highest BCUT2D eigenvalue weighted by Gasteiger charge is 2.13. The Labute approximate surface area is 124 Å². The fourth-order valence-corrected chi connectivity index (χ4v) is 2.56. The molecule has 0 aromatic heterocycles. The first-order valence-corrected chi connectivity index (χ1v) is 7.51. The Hall–Kier alpha value is -0.870. The number of halogens is 1. The Morgan fingerprint density at radius 2 is 2.16 bits per heavy atom. The van der Waals surface area contributed by atoms with Gasteiger partial charge in [0.05, 0.1) is 0 Å². The largest absolute Gasteiger partial charge is 0.352 e. The van der Waals surface area contributed by atoms with Crippen LogP contribution in [0, 0.1) is 11.8 Å². The maximum atomic E-state index is 11.9. The first kappa shape index (κ1) is 16.2. The van der Waals surface area contributed by atoms with Gasteiger partial charge in [-0.2, -0.15) is 0 Å². The molecule has 0 saturated carbocycles. The Morgan fingerprint density at radius 3 is 2.74 bits per heavy atom. The minimum absolute atomic E-state index is 0.0797. The minimum Gasteiger partial charge on any atom is -0.352 e. The predicted octanol–water partition coefficient (Wildman–Crippen LogP) is 3.08. The van der Waals surface area contributed by atoms with Crippen molar-refractivity contribution < 1.29 is 4.79 Å². The fraction of sp³-hybridized carbons (Fsp3) is 0.533. The predicted molar refractivity (Wildman–Crippen MR) is 82.6 cm³/mol. The molecule has 0 spiro atoms. The Bertz CT molecular complexity index is 407. The SMILES string of the molecule is CC(C)CC(CN)CC(=O)NCc1cccc(Br)c1. The Kier molecular flexibility index (Phi) is 7.10. The van der Waals surface area contributed by atoms with Crippen LogP contribution in [0.5, 0.6) is 0 Å². The zero-order chi connectivity index (χ0) is 14.3. The first-order valence-electron chi connectivity index (χ1n) is 6.72. The van der Waals surface area contributed by atoms with Crippen molar-refractivity contribution in [3.63, 3.8) is 0 Å². The van der Waals surface area contributed by atoms with Gasteiger partial charge in [0.2, 0.25) is 5.91 Å². The molecule has 0 fully saturated rings. The lowest BCUT2D eigenvalue weighted by atomic mass is 9.94. The summed E-state index contributed by atoms with van der Waals surface area (Å²) in [5, 5.41) is 2.95. The van der Waals surface area contributed by atoms with E-state index in [1.807, 2.05) is 24.3 Å². The summed E-state index contributed by atoms with van der Waals surface area (Å²) in [6, 6.07) is 7.94. The van der Waals surface area contributed by atoms with Crippen LogP contribution in [0.3, 0.4) is 0 Å². The number of rotatable bonds is 7. The van der Waals surface area contributed by atoms with Crippen LogP contribution in [-0.2, 0) is 11.3 Å². The van der Waals surface area contributed by atoms with E-state index in [2.05, 4.69) is 35.1 Å². The van der Waals surface area contributed by atoms with Crippen LogP contribution >= 0.6 is 15.9 Å². The van der Waals surface area contributed by atoms with E-state index in [0.717, 1.165) is 16.5 Å². The van der Waals surface area contributed by atoms with E-state index in [0.29, 0.717) is 25.4 Å². The van der Waals surface area contributed by atoms with Gasteiger partial charge in [0.15, 0.2) is 0 Å². The highest BCUT2D eigenvalue weighted by molar-refractivity contribution is 9.10. The second-order valence-corrected chi connectivity index (χ2v) is 6.26. The number of carbonyl (C=O) groups excluding carboxylic acids is 1. The van der Waals surface area contributed by atoms with Crippen molar-refractivity contribution in [2.24, 2.45) is 17.6 Å². The lowest BCUT2D eigenvalue weighted by molar-refractivity contribution is -0.122. The van der Waals surface area contributed by atoms with Crippen LogP contribution < -0.4 is 11.1 Å². The summed E-state index contributed by atoms with van der Waals surface area (Å²) in [5.74, 6) is 0.935. The summed E-state index contributed by atoms with van der Waals surface area (Å²) >= 11 is 3.42. The molecular formula is C15H23BrN2O. The number of hydrogen-bond donors (Lipinski definition) is 2. The van der Waals surface area contributed by atoms with Crippen LogP contribution in [0.15, 0.2) is 28.7 Å². The maximum absolute atomic E-state index is 11.9. The molecule has 3 N–H and O–H groups in total. The normalized spacial score (nSPS) is 12.5. The van der Waals surface area contributed by atoms with Gasteiger partial charge in [0.25, 0.3) is 0 Å². The summed E-state index contributed by atoms with van der Waals surface area (Å²) in [5.41, 5.74) is 6.80. The number of hydrogen-bond acceptors (Lipinski definition) is 2. The van der Waals surface area contributed by atoms with Crippen molar-refractivity contribution in [3.05, 3.63) is 34.3 Å². The van der Waals surface area contributed by atoms with E-state index in [1.54, 1.807) is 0 Å². The lowest BCUT2D eigenvalue weighted by Crippen LogP contribution is -2.28. The molecule has 1 aromatic carbocycles. The van der Waals surface area contributed by atoms with Gasteiger partial charge >= 0.3 is 0 Å². The molecule has 0 aliphatic rings. The number of amides is 1.